The van der Waals surface area contributed by atoms with Crippen LogP contribution in [-0.2, 0) is 0 Å². The molecule has 0 aliphatic heterocycles. The van der Waals surface area contributed by atoms with Crippen molar-refractivity contribution in [2.75, 3.05) is 5.43 Å². The topological polar surface area (TPSA) is 76.7 Å². The molecule has 88 valence electrons. The molecule has 0 bridgehead atoms. The van der Waals surface area contributed by atoms with Crippen LogP contribution in [0.25, 0.3) is 22.3 Å². The second-order valence-electron chi connectivity index (χ2n) is 3.79. The van der Waals surface area contributed by atoms with Crippen molar-refractivity contribution in [1.82, 2.24) is 15.0 Å². The highest BCUT2D eigenvalue weighted by atomic mass is 15.3. The summed E-state index contributed by atoms with van der Waals surface area (Å²) in [5.74, 6) is 6.54. The van der Waals surface area contributed by atoms with E-state index >= 15 is 0 Å². The van der Waals surface area contributed by atoms with E-state index in [4.69, 9.17) is 5.84 Å². The first-order valence-electron chi connectivity index (χ1n) is 5.52. The van der Waals surface area contributed by atoms with Gasteiger partial charge < -0.3 is 5.43 Å². The van der Waals surface area contributed by atoms with Crippen molar-refractivity contribution in [3.05, 3.63) is 48.8 Å². The number of nitrogens with two attached hydrogens (primary N) is 1. The fourth-order valence-corrected chi connectivity index (χ4v) is 1.85. The van der Waals surface area contributed by atoms with Crippen molar-refractivity contribution in [3.63, 3.8) is 0 Å². The average Bonchev–Trinajstić information content (AvgIpc) is 2.47. The van der Waals surface area contributed by atoms with E-state index in [0.29, 0.717) is 11.6 Å². The van der Waals surface area contributed by atoms with Crippen LogP contribution in [0.1, 0.15) is 0 Å². The van der Waals surface area contributed by atoms with Gasteiger partial charge in [0.05, 0.1) is 5.52 Å². The van der Waals surface area contributed by atoms with Crippen LogP contribution in [0.3, 0.4) is 0 Å². The highest BCUT2D eigenvalue weighted by Crippen LogP contribution is 2.24. The Bertz CT molecular complexity index is 690. The average molecular weight is 237 g/mol. The van der Waals surface area contributed by atoms with Gasteiger partial charge in [-0.25, -0.2) is 15.8 Å². The summed E-state index contributed by atoms with van der Waals surface area (Å²) < 4.78 is 0. The number of nitrogens with zero attached hydrogens (tertiary/aromatic N) is 3. The van der Waals surface area contributed by atoms with Crippen LogP contribution < -0.4 is 11.3 Å². The molecule has 3 aromatic rings. The van der Waals surface area contributed by atoms with Crippen molar-refractivity contribution in [1.29, 1.82) is 0 Å². The highest BCUT2D eigenvalue weighted by molar-refractivity contribution is 5.91. The van der Waals surface area contributed by atoms with Crippen LogP contribution >= 0.6 is 0 Å². The van der Waals surface area contributed by atoms with Crippen LogP contribution in [0.5, 0.6) is 0 Å². The fourth-order valence-electron chi connectivity index (χ4n) is 1.85. The lowest BCUT2D eigenvalue weighted by atomic mass is 10.1. The van der Waals surface area contributed by atoms with Gasteiger partial charge in [0, 0.05) is 29.4 Å². The van der Waals surface area contributed by atoms with Gasteiger partial charge in [-0.1, -0.05) is 18.2 Å². The quantitative estimate of drug-likeness (QED) is 0.526. The summed E-state index contributed by atoms with van der Waals surface area (Å²) in [6.45, 7) is 0. The number of hydrogen-bond acceptors (Lipinski definition) is 5. The van der Waals surface area contributed by atoms with E-state index < -0.39 is 0 Å². The third-order valence-electron chi connectivity index (χ3n) is 2.68. The molecule has 3 rings (SSSR count). The Kier molecular flexibility index (Phi) is 2.59. The van der Waals surface area contributed by atoms with Gasteiger partial charge in [0.25, 0.3) is 0 Å². The van der Waals surface area contributed by atoms with E-state index in [1.165, 1.54) is 0 Å². The van der Waals surface area contributed by atoms with E-state index in [1.54, 1.807) is 18.5 Å². The molecular weight excluding hydrogens is 226 g/mol. The molecule has 18 heavy (non-hydrogen) atoms. The van der Waals surface area contributed by atoms with Gasteiger partial charge in [0.1, 0.15) is 5.82 Å². The summed E-state index contributed by atoms with van der Waals surface area (Å²) in [5, 5.41) is 1.06. The molecule has 0 radical (unpaired) electrons. The third-order valence-corrected chi connectivity index (χ3v) is 2.68. The molecule has 0 amide bonds. The molecule has 3 N–H and O–H groups in total. The predicted molar refractivity (Wildman–Crippen MR) is 70.6 cm³/mol. The standard InChI is InChI=1S/C13H11N5/c14-18-11-6-8-16-13(17-11)10-5-1-3-9-4-2-7-15-12(9)10/h1-8H,14H2,(H,16,17,18). The van der Waals surface area contributed by atoms with Gasteiger partial charge in [0.15, 0.2) is 5.82 Å². The number of anilines is 1. The number of nitrogen functional groups attached to an aromatic ring is 1. The zero-order valence-electron chi connectivity index (χ0n) is 9.54. The molecule has 5 nitrogen and oxygen atoms in total. The molecule has 0 aliphatic rings. The Morgan fingerprint density at radius 1 is 0.944 bits per heavy atom. The third kappa shape index (κ3) is 1.76. The zero-order chi connectivity index (χ0) is 12.4. The normalized spacial score (nSPS) is 10.5. The van der Waals surface area contributed by atoms with Crippen LogP contribution in [0, 0.1) is 0 Å². The number of rotatable bonds is 2. The lowest BCUT2D eigenvalue weighted by Gasteiger charge is -2.05. The Balaban J connectivity index is 2.24. The smallest absolute Gasteiger partial charge is 0.163 e. The van der Waals surface area contributed by atoms with Crippen LogP contribution in [0.2, 0.25) is 0 Å². The van der Waals surface area contributed by atoms with E-state index in [-0.39, 0.29) is 0 Å². The van der Waals surface area contributed by atoms with Crippen molar-refractivity contribution < 1.29 is 0 Å². The maximum atomic E-state index is 5.35. The van der Waals surface area contributed by atoms with Gasteiger partial charge in [0.2, 0.25) is 0 Å². The Morgan fingerprint density at radius 2 is 1.83 bits per heavy atom. The summed E-state index contributed by atoms with van der Waals surface area (Å²) in [6, 6.07) is 11.6. The zero-order valence-corrected chi connectivity index (χ0v) is 9.54. The summed E-state index contributed by atoms with van der Waals surface area (Å²) >= 11 is 0. The second kappa shape index (κ2) is 4.38. The number of pyridine rings is 1. The van der Waals surface area contributed by atoms with Crippen LogP contribution in [-0.4, -0.2) is 15.0 Å². The number of nitrogens with one attached hydrogen (secondary N) is 1. The molecule has 0 unspecified atom stereocenters. The first-order chi connectivity index (χ1) is 8.88. The molecular formula is C13H11N5. The van der Waals surface area contributed by atoms with Gasteiger partial charge in [-0.3, -0.25) is 4.98 Å². The lowest BCUT2D eigenvalue weighted by molar-refractivity contribution is 1.15. The Labute approximate surface area is 104 Å². The Morgan fingerprint density at radius 3 is 2.72 bits per heavy atom. The van der Waals surface area contributed by atoms with E-state index in [1.807, 2.05) is 30.3 Å². The predicted octanol–water partition coefficient (Wildman–Crippen LogP) is 1.98. The van der Waals surface area contributed by atoms with Crippen molar-refractivity contribution in [2.24, 2.45) is 5.84 Å². The fraction of sp³-hybridized carbons (Fsp3) is 0. The number of benzene rings is 1. The largest absolute Gasteiger partial charge is 0.308 e. The first kappa shape index (κ1) is 10.6. The minimum absolute atomic E-state index is 0.577. The van der Waals surface area contributed by atoms with Crippen LogP contribution in [0.15, 0.2) is 48.8 Å². The van der Waals surface area contributed by atoms with Crippen molar-refractivity contribution in [3.8, 4) is 11.4 Å². The number of hydrogen-bond donors (Lipinski definition) is 2. The molecule has 0 fully saturated rings. The van der Waals surface area contributed by atoms with Gasteiger partial charge in [-0.15, -0.1) is 0 Å². The van der Waals surface area contributed by atoms with Crippen molar-refractivity contribution >= 4 is 16.7 Å². The number of fused-ring (bicyclic) bond motifs is 1. The maximum Gasteiger partial charge on any atom is 0.163 e. The monoisotopic (exact) mass is 237 g/mol. The minimum atomic E-state index is 0.577. The Hall–Kier alpha value is -2.53. The molecule has 0 saturated carbocycles. The number of para-hydroxylation sites is 1. The molecule has 0 spiro atoms. The molecule has 5 heteroatoms. The van der Waals surface area contributed by atoms with Gasteiger partial charge >= 0.3 is 0 Å². The molecule has 1 aromatic carbocycles. The summed E-state index contributed by atoms with van der Waals surface area (Å²) in [7, 11) is 0. The maximum absolute atomic E-state index is 5.35. The molecule has 2 aromatic heterocycles. The summed E-state index contributed by atoms with van der Waals surface area (Å²) in [4.78, 5) is 13.0. The first-order valence-corrected chi connectivity index (χ1v) is 5.52. The minimum Gasteiger partial charge on any atom is -0.308 e. The van der Waals surface area contributed by atoms with E-state index in [9.17, 15) is 0 Å². The van der Waals surface area contributed by atoms with E-state index in [2.05, 4.69) is 20.4 Å². The molecule has 2 heterocycles. The molecule has 0 aliphatic carbocycles. The molecule has 0 saturated heterocycles. The summed E-state index contributed by atoms with van der Waals surface area (Å²) in [6.07, 6.45) is 3.43. The molecule has 0 atom stereocenters. The summed E-state index contributed by atoms with van der Waals surface area (Å²) in [5.41, 5.74) is 4.29. The van der Waals surface area contributed by atoms with Gasteiger partial charge in [-0.2, -0.15) is 0 Å². The number of aromatic nitrogens is 3. The van der Waals surface area contributed by atoms with E-state index in [0.717, 1.165) is 16.5 Å². The second-order valence-corrected chi connectivity index (χ2v) is 3.79. The highest BCUT2D eigenvalue weighted by Gasteiger charge is 2.07. The number of hydrazine groups is 1. The van der Waals surface area contributed by atoms with Gasteiger partial charge in [-0.05, 0) is 12.1 Å². The van der Waals surface area contributed by atoms with Crippen LogP contribution in [0.4, 0.5) is 5.82 Å². The van der Waals surface area contributed by atoms with Crippen molar-refractivity contribution in [2.45, 2.75) is 0 Å². The lowest BCUT2D eigenvalue weighted by Crippen LogP contribution is -2.09. The SMILES string of the molecule is NNc1ccnc(-c2cccc3cccnc23)n1.